The van der Waals surface area contributed by atoms with E-state index in [1.165, 1.54) is 12.1 Å². The number of aliphatic hydroxyl groups is 1. The number of amides is 2. The van der Waals surface area contributed by atoms with Crippen LogP contribution in [0.1, 0.15) is 33.6 Å². The molecule has 2 aliphatic rings. The van der Waals surface area contributed by atoms with Crippen LogP contribution in [0.5, 0.6) is 11.6 Å². The second-order valence-electron chi connectivity index (χ2n) is 9.82. The normalized spacial score (nSPS) is 17.2. The highest BCUT2D eigenvalue weighted by Crippen LogP contribution is 2.43. The lowest BCUT2D eigenvalue weighted by atomic mass is 10.1. The number of alkyl halides is 3. The van der Waals surface area contributed by atoms with E-state index in [0.717, 1.165) is 26.7 Å². The highest BCUT2D eigenvalue weighted by molar-refractivity contribution is 5.87. The van der Waals surface area contributed by atoms with Crippen LogP contribution in [0.4, 0.5) is 35.0 Å². The van der Waals surface area contributed by atoms with Gasteiger partial charge in [-0.15, -0.1) is 5.10 Å². The number of halogens is 3. The molecule has 1 aliphatic heterocycles. The molecule has 2 heterocycles. The topological polar surface area (TPSA) is 127 Å². The summed E-state index contributed by atoms with van der Waals surface area (Å²) in [5.74, 6) is 0.679. The van der Waals surface area contributed by atoms with Gasteiger partial charge in [-0.1, -0.05) is 0 Å². The number of ether oxygens (including phenoxy) is 3. The monoisotopic (exact) mass is 555 g/mol. The van der Waals surface area contributed by atoms with Crippen molar-refractivity contribution < 1.29 is 42.1 Å². The van der Waals surface area contributed by atoms with E-state index >= 15 is 0 Å². The molecule has 0 radical (unpaired) electrons. The van der Waals surface area contributed by atoms with Gasteiger partial charge in [0, 0.05) is 18.2 Å². The summed E-state index contributed by atoms with van der Waals surface area (Å²) < 4.78 is 57.5. The van der Waals surface area contributed by atoms with E-state index in [0.29, 0.717) is 23.7 Å². The van der Waals surface area contributed by atoms with Gasteiger partial charge in [-0.2, -0.15) is 13.2 Å². The molecular formula is C25H32F3N5O6. The summed E-state index contributed by atoms with van der Waals surface area (Å²) in [6.07, 6.45) is -2.99. The van der Waals surface area contributed by atoms with Gasteiger partial charge in [-0.05, 0) is 51.8 Å². The van der Waals surface area contributed by atoms with Crippen LogP contribution < -0.4 is 25.0 Å². The number of aliphatic hydroxyl groups excluding tert-OH is 1. The van der Waals surface area contributed by atoms with E-state index < -0.39 is 24.0 Å². The van der Waals surface area contributed by atoms with Gasteiger partial charge in [0.05, 0.1) is 31.6 Å². The fraction of sp³-hybridized carbons (Fsp3) is 0.560. The fourth-order valence-corrected chi connectivity index (χ4v) is 3.88. The second-order valence-corrected chi connectivity index (χ2v) is 9.82. The second kappa shape index (κ2) is 11.2. The standard InChI is InChI=1S/C25H32F3N5O6/c1-4-32-14-19(22(31-32)37-10-9-34)33-13-17(12-29-21(35)15-5-6-15)38-20-8-7-16(11-18(20)33)30-23(36)39-24(2,3)25(26,27)28/h7-8,11,14-15,17,34H,4-6,9-10,12-13H2,1-3H3,(H,29,35)(H,30,36)/t17-/m0/s1. The molecule has 0 spiro atoms. The lowest BCUT2D eigenvalue weighted by Gasteiger charge is -2.36. The Balaban J connectivity index is 1.61. The van der Waals surface area contributed by atoms with Crippen LogP contribution in [0.15, 0.2) is 24.4 Å². The van der Waals surface area contributed by atoms with Crippen molar-refractivity contribution in [3.05, 3.63) is 24.4 Å². The lowest BCUT2D eigenvalue weighted by molar-refractivity contribution is -0.242. The van der Waals surface area contributed by atoms with Crippen molar-refractivity contribution >= 4 is 29.1 Å². The van der Waals surface area contributed by atoms with Gasteiger partial charge in [0.25, 0.3) is 5.88 Å². The number of anilines is 3. The number of fused-ring (bicyclic) bond motifs is 1. The minimum atomic E-state index is -4.75. The van der Waals surface area contributed by atoms with Gasteiger partial charge in [-0.25, -0.2) is 4.79 Å². The third kappa shape index (κ3) is 6.67. The largest absolute Gasteiger partial charge is 0.485 e. The van der Waals surface area contributed by atoms with Crippen LogP contribution in [-0.4, -0.2) is 71.1 Å². The molecule has 3 N–H and O–H groups in total. The molecule has 214 valence electrons. The maximum Gasteiger partial charge on any atom is 0.427 e. The summed E-state index contributed by atoms with van der Waals surface area (Å²) in [5, 5.41) is 18.9. The zero-order chi connectivity index (χ0) is 28.4. The number of rotatable bonds is 10. The number of carbonyl (C=O) groups is 2. The number of nitrogens with zero attached hydrogens (tertiary/aromatic N) is 3. The van der Waals surface area contributed by atoms with E-state index in [1.807, 2.05) is 11.8 Å². The Hall–Kier alpha value is -3.68. The van der Waals surface area contributed by atoms with Gasteiger partial charge in [0.15, 0.2) is 0 Å². The van der Waals surface area contributed by atoms with Gasteiger partial charge in [0.1, 0.15) is 24.1 Å². The van der Waals surface area contributed by atoms with Crippen LogP contribution in [0.2, 0.25) is 0 Å². The first kappa shape index (κ1) is 28.3. The first-order valence-electron chi connectivity index (χ1n) is 12.7. The molecule has 1 fully saturated rings. The predicted octanol–water partition coefficient (Wildman–Crippen LogP) is 3.59. The SMILES string of the molecule is CCn1cc(N2C[C@H](CNC(=O)C3CC3)Oc3ccc(NC(=O)OC(C)(C)C(F)(F)F)cc32)c(OCCO)n1. The summed E-state index contributed by atoms with van der Waals surface area (Å²) in [7, 11) is 0. The van der Waals surface area contributed by atoms with Gasteiger partial charge in [-0.3, -0.25) is 14.8 Å². The van der Waals surface area contributed by atoms with Crippen LogP contribution in [0.3, 0.4) is 0 Å². The molecule has 1 aromatic carbocycles. The van der Waals surface area contributed by atoms with E-state index in [1.54, 1.807) is 16.9 Å². The highest BCUT2D eigenvalue weighted by atomic mass is 19.4. The zero-order valence-electron chi connectivity index (χ0n) is 21.9. The quantitative estimate of drug-likeness (QED) is 0.406. The predicted molar refractivity (Wildman–Crippen MR) is 134 cm³/mol. The van der Waals surface area contributed by atoms with E-state index in [4.69, 9.17) is 9.47 Å². The van der Waals surface area contributed by atoms with E-state index in [2.05, 4.69) is 20.5 Å². The fourth-order valence-electron chi connectivity index (χ4n) is 3.88. The molecule has 2 aromatic rings. The van der Waals surface area contributed by atoms with E-state index in [-0.39, 0.29) is 49.7 Å². The average Bonchev–Trinajstić information content (AvgIpc) is 3.64. The Morgan fingerprint density at radius 1 is 1.23 bits per heavy atom. The number of hydrogen-bond donors (Lipinski definition) is 3. The van der Waals surface area contributed by atoms with Crippen LogP contribution >= 0.6 is 0 Å². The average molecular weight is 556 g/mol. The number of aromatic nitrogens is 2. The number of aryl methyl sites for hydroxylation is 1. The number of nitrogens with one attached hydrogen (secondary N) is 2. The molecule has 1 atom stereocenters. The van der Waals surface area contributed by atoms with Crippen molar-refractivity contribution in [3.63, 3.8) is 0 Å². The third-order valence-corrected chi connectivity index (χ3v) is 6.31. The van der Waals surface area contributed by atoms with Crippen molar-refractivity contribution in [1.29, 1.82) is 0 Å². The molecule has 1 saturated carbocycles. The molecule has 0 unspecified atom stereocenters. The van der Waals surface area contributed by atoms with Crippen molar-refractivity contribution in [3.8, 4) is 11.6 Å². The smallest absolute Gasteiger partial charge is 0.427 e. The molecule has 14 heteroatoms. The number of carbonyl (C=O) groups excluding carboxylic acids is 2. The Kier molecular flexibility index (Phi) is 8.14. The Morgan fingerprint density at radius 3 is 2.62 bits per heavy atom. The summed E-state index contributed by atoms with van der Waals surface area (Å²) in [6.45, 7) is 4.25. The summed E-state index contributed by atoms with van der Waals surface area (Å²) in [6, 6.07) is 4.58. The zero-order valence-corrected chi connectivity index (χ0v) is 21.9. The molecule has 0 bridgehead atoms. The van der Waals surface area contributed by atoms with Crippen LogP contribution in [0, 0.1) is 5.92 Å². The molecular weight excluding hydrogens is 523 g/mol. The number of benzene rings is 1. The lowest BCUT2D eigenvalue weighted by Crippen LogP contribution is -2.45. The Labute approximate surface area is 223 Å². The highest BCUT2D eigenvalue weighted by Gasteiger charge is 2.51. The van der Waals surface area contributed by atoms with Crippen molar-refractivity contribution in [2.75, 3.05) is 36.5 Å². The molecule has 11 nitrogen and oxygen atoms in total. The van der Waals surface area contributed by atoms with Gasteiger partial charge < -0.3 is 29.5 Å². The molecule has 0 saturated heterocycles. The Morgan fingerprint density at radius 2 is 1.97 bits per heavy atom. The first-order valence-corrected chi connectivity index (χ1v) is 12.7. The van der Waals surface area contributed by atoms with Gasteiger partial charge >= 0.3 is 12.3 Å². The summed E-state index contributed by atoms with van der Waals surface area (Å²) in [5.41, 5.74) is -1.48. The maximum absolute atomic E-state index is 13.2. The van der Waals surface area contributed by atoms with Crippen molar-refractivity contribution in [2.45, 2.75) is 58.0 Å². The van der Waals surface area contributed by atoms with Gasteiger partial charge in [0.2, 0.25) is 11.5 Å². The summed E-state index contributed by atoms with van der Waals surface area (Å²) >= 11 is 0. The molecule has 1 aromatic heterocycles. The first-order chi connectivity index (χ1) is 18.4. The minimum absolute atomic E-state index is 0.00816. The van der Waals surface area contributed by atoms with E-state index in [9.17, 15) is 27.9 Å². The Bertz CT molecular complexity index is 1200. The number of hydrogen-bond acceptors (Lipinski definition) is 8. The molecule has 4 rings (SSSR count). The van der Waals surface area contributed by atoms with Crippen molar-refractivity contribution in [1.82, 2.24) is 15.1 Å². The van der Waals surface area contributed by atoms with Crippen LogP contribution in [-0.2, 0) is 16.1 Å². The molecule has 39 heavy (non-hydrogen) atoms. The third-order valence-electron chi connectivity index (χ3n) is 6.31. The van der Waals surface area contributed by atoms with Crippen molar-refractivity contribution in [2.24, 2.45) is 5.92 Å². The van der Waals surface area contributed by atoms with Crippen LogP contribution in [0.25, 0.3) is 0 Å². The molecule has 1 aliphatic carbocycles. The maximum atomic E-state index is 13.2. The molecule has 2 amide bonds. The minimum Gasteiger partial charge on any atom is -0.485 e. The summed E-state index contributed by atoms with van der Waals surface area (Å²) in [4.78, 5) is 26.3.